The Morgan fingerprint density at radius 1 is 1.41 bits per heavy atom. The molecule has 1 amide bonds. The second-order valence-electron chi connectivity index (χ2n) is 4.98. The van der Waals surface area contributed by atoms with E-state index >= 15 is 0 Å². The number of nitrogens with one attached hydrogen (secondary N) is 1. The van der Waals surface area contributed by atoms with Crippen molar-refractivity contribution in [1.82, 2.24) is 5.32 Å². The van der Waals surface area contributed by atoms with Gasteiger partial charge < -0.3 is 11.1 Å². The van der Waals surface area contributed by atoms with Gasteiger partial charge in [0.05, 0.1) is 6.04 Å². The summed E-state index contributed by atoms with van der Waals surface area (Å²) in [6.45, 7) is 2.85. The highest BCUT2D eigenvalue weighted by Crippen LogP contribution is 2.28. The van der Waals surface area contributed by atoms with E-state index in [2.05, 4.69) is 5.32 Å². The van der Waals surface area contributed by atoms with Gasteiger partial charge in [-0.1, -0.05) is 39.0 Å². The second kappa shape index (κ2) is 9.72. The topological polar surface area (TPSA) is 55.1 Å². The van der Waals surface area contributed by atoms with Crippen LogP contribution in [-0.2, 0) is 4.79 Å². The van der Waals surface area contributed by atoms with Gasteiger partial charge >= 0.3 is 0 Å². The SMILES string of the molecule is CCCC(N)C(=O)NCCCC1CCCC1.Cl. The Kier molecular flexibility index (Phi) is 9.56. The van der Waals surface area contributed by atoms with E-state index < -0.39 is 0 Å². The Morgan fingerprint density at radius 2 is 2.06 bits per heavy atom. The molecule has 1 rings (SSSR count). The summed E-state index contributed by atoms with van der Waals surface area (Å²) in [5.41, 5.74) is 5.72. The third-order valence-electron chi connectivity index (χ3n) is 3.50. The van der Waals surface area contributed by atoms with Gasteiger partial charge in [-0.2, -0.15) is 0 Å². The second-order valence-corrected chi connectivity index (χ2v) is 4.98. The molecular formula is C13H27ClN2O. The highest BCUT2D eigenvalue weighted by atomic mass is 35.5. The minimum Gasteiger partial charge on any atom is -0.355 e. The molecule has 0 aliphatic heterocycles. The first-order chi connectivity index (χ1) is 7.74. The van der Waals surface area contributed by atoms with Crippen molar-refractivity contribution in [1.29, 1.82) is 0 Å². The maximum absolute atomic E-state index is 11.5. The quantitative estimate of drug-likeness (QED) is 0.693. The van der Waals surface area contributed by atoms with E-state index in [9.17, 15) is 4.79 Å². The van der Waals surface area contributed by atoms with Crippen LogP contribution in [0.25, 0.3) is 0 Å². The van der Waals surface area contributed by atoms with E-state index in [0.717, 1.165) is 31.7 Å². The van der Waals surface area contributed by atoms with Crippen molar-refractivity contribution in [3.8, 4) is 0 Å². The van der Waals surface area contributed by atoms with E-state index in [1.165, 1.54) is 32.1 Å². The number of halogens is 1. The highest BCUT2D eigenvalue weighted by molar-refractivity contribution is 5.85. The van der Waals surface area contributed by atoms with Crippen LogP contribution >= 0.6 is 12.4 Å². The van der Waals surface area contributed by atoms with Crippen molar-refractivity contribution in [2.45, 2.75) is 64.3 Å². The molecule has 4 heteroatoms. The van der Waals surface area contributed by atoms with E-state index in [4.69, 9.17) is 5.73 Å². The molecule has 0 spiro atoms. The zero-order valence-electron chi connectivity index (χ0n) is 10.9. The van der Waals surface area contributed by atoms with Crippen molar-refractivity contribution in [2.24, 2.45) is 11.7 Å². The number of nitrogens with two attached hydrogens (primary N) is 1. The summed E-state index contributed by atoms with van der Waals surface area (Å²) in [6.07, 6.45) is 9.72. The van der Waals surface area contributed by atoms with Gasteiger partial charge in [0.15, 0.2) is 0 Å². The van der Waals surface area contributed by atoms with Gasteiger partial charge in [-0.3, -0.25) is 4.79 Å². The van der Waals surface area contributed by atoms with Crippen molar-refractivity contribution >= 4 is 18.3 Å². The minimum absolute atomic E-state index is 0. The van der Waals surface area contributed by atoms with Crippen molar-refractivity contribution in [3.05, 3.63) is 0 Å². The van der Waals surface area contributed by atoms with Gasteiger partial charge in [-0.05, 0) is 25.2 Å². The van der Waals surface area contributed by atoms with E-state index in [-0.39, 0.29) is 24.4 Å². The zero-order valence-corrected chi connectivity index (χ0v) is 11.7. The Morgan fingerprint density at radius 3 is 2.65 bits per heavy atom. The monoisotopic (exact) mass is 262 g/mol. The molecule has 3 nitrogen and oxygen atoms in total. The fourth-order valence-electron chi connectivity index (χ4n) is 2.47. The minimum atomic E-state index is -0.309. The molecule has 0 saturated heterocycles. The molecule has 0 aromatic carbocycles. The van der Waals surface area contributed by atoms with Crippen molar-refractivity contribution < 1.29 is 4.79 Å². The fourth-order valence-corrected chi connectivity index (χ4v) is 2.47. The molecule has 1 atom stereocenters. The highest BCUT2D eigenvalue weighted by Gasteiger charge is 2.15. The lowest BCUT2D eigenvalue weighted by molar-refractivity contribution is -0.122. The maximum Gasteiger partial charge on any atom is 0.236 e. The first-order valence-corrected chi connectivity index (χ1v) is 6.77. The molecule has 3 N–H and O–H groups in total. The predicted molar refractivity (Wildman–Crippen MR) is 74.3 cm³/mol. The fraction of sp³-hybridized carbons (Fsp3) is 0.923. The average molecular weight is 263 g/mol. The lowest BCUT2D eigenvalue weighted by atomic mass is 10.0. The number of hydrogen-bond acceptors (Lipinski definition) is 2. The lowest BCUT2D eigenvalue weighted by Gasteiger charge is -2.12. The van der Waals surface area contributed by atoms with Gasteiger partial charge in [-0.25, -0.2) is 0 Å². The van der Waals surface area contributed by atoms with E-state index in [1.807, 2.05) is 6.92 Å². The Hall–Kier alpha value is -0.280. The van der Waals surface area contributed by atoms with Crippen LogP contribution in [0.3, 0.4) is 0 Å². The summed E-state index contributed by atoms with van der Waals surface area (Å²) < 4.78 is 0. The van der Waals surface area contributed by atoms with Crippen LogP contribution in [0.1, 0.15) is 58.3 Å². The van der Waals surface area contributed by atoms with Crippen LogP contribution in [0.5, 0.6) is 0 Å². The zero-order chi connectivity index (χ0) is 11.8. The Bertz CT molecular complexity index is 206. The van der Waals surface area contributed by atoms with Gasteiger partial charge in [0.2, 0.25) is 5.91 Å². The molecule has 0 radical (unpaired) electrons. The summed E-state index contributed by atoms with van der Waals surface area (Å²) in [5, 5.41) is 2.93. The number of rotatable bonds is 7. The smallest absolute Gasteiger partial charge is 0.236 e. The lowest BCUT2D eigenvalue weighted by Crippen LogP contribution is -2.40. The Balaban J connectivity index is 0.00000256. The molecule has 0 heterocycles. The van der Waals surface area contributed by atoms with E-state index in [1.54, 1.807) is 0 Å². The normalized spacial score (nSPS) is 17.5. The van der Waals surface area contributed by atoms with Crippen LogP contribution in [-0.4, -0.2) is 18.5 Å². The van der Waals surface area contributed by atoms with Crippen molar-refractivity contribution in [2.75, 3.05) is 6.54 Å². The summed E-state index contributed by atoms with van der Waals surface area (Å²) in [4.78, 5) is 11.5. The number of carbonyl (C=O) groups is 1. The van der Waals surface area contributed by atoms with E-state index in [0.29, 0.717) is 0 Å². The summed E-state index contributed by atoms with van der Waals surface area (Å²) in [7, 11) is 0. The molecular weight excluding hydrogens is 236 g/mol. The van der Waals surface area contributed by atoms with Gasteiger partial charge in [-0.15, -0.1) is 12.4 Å². The number of carbonyl (C=O) groups excluding carboxylic acids is 1. The first-order valence-electron chi connectivity index (χ1n) is 6.77. The van der Waals surface area contributed by atoms with Gasteiger partial charge in [0, 0.05) is 6.54 Å². The van der Waals surface area contributed by atoms with Crippen LogP contribution in [0.15, 0.2) is 0 Å². The van der Waals surface area contributed by atoms with Gasteiger partial charge in [0.1, 0.15) is 0 Å². The summed E-state index contributed by atoms with van der Waals surface area (Å²) in [5.74, 6) is 0.939. The summed E-state index contributed by atoms with van der Waals surface area (Å²) in [6, 6.07) is -0.309. The molecule has 1 fully saturated rings. The van der Waals surface area contributed by atoms with Gasteiger partial charge in [0.25, 0.3) is 0 Å². The molecule has 0 bridgehead atoms. The third kappa shape index (κ3) is 6.89. The molecule has 1 unspecified atom stereocenters. The van der Waals surface area contributed by atoms with Crippen LogP contribution in [0, 0.1) is 5.92 Å². The van der Waals surface area contributed by atoms with Crippen LogP contribution in [0.4, 0.5) is 0 Å². The molecule has 1 aliphatic rings. The standard InChI is InChI=1S/C13H26N2O.ClH/c1-2-6-12(14)13(16)15-10-5-9-11-7-3-4-8-11;/h11-12H,2-10,14H2,1H3,(H,15,16);1H. The largest absolute Gasteiger partial charge is 0.355 e. The molecule has 0 aromatic rings. The molecule has 1 aliphatic carbocycles. The number of amides is 1. The molecule has 1 saturated carbocycles. The third-order valence-corrected chi connectivity index (χ3v) is 3.50. The maximum atomic E-state index is 11.5. The van der Waals surface area contributed by atoms with Crippen molar-refractivity contribution in [3.63, 3.8) is 0 Å². The van der Waals surface area contributed by atoms with Crippen LogP contribution < -0.4 is 11.1 Å². The van der Waals surface area contributed by atoms with Crippen LogP contribution in [0.2, 0.25) is 0 Å². The summed E-state index contributed by atoms with van der Waals surface area (Å²) >= 11 is 0. The number of hydrogen-bond donors (Lipinski definition) is 2. The Labute approximate surface area is 111 Å². The molecule has 17 heavy (non-hydrogen) atoms. The molecule has 102 valence electrons. The molecule has 0 aromatic heterocycles. The average Bonchev–Trinajstić information content (AvgIpc) is 2.77. The predicted octanol–water partition coefficient (Wildman–Crippen LogP) is 2.62. The first kappa shape index (κ1) is 16.7.